The highest BCUT2D eigenvalue weighted by Crippen LogP contribution is 2.36. The predicted molar refractivity (Wildman–Crippen MR) is 63.6 cm³/mol. The van der Waals surface area contributed by atoms with Gasteiger partial charge in [0.25, 0.3) is 0 Å². The third-order valence-electron chi connectivity index (χ3n) is 3.57. The molecule has 0 amide bonds. The summed E-state index contributed by atoms with van der Waals surface area (Å²) in [4.78, 5) is 3.92. The van der Waals surface area contributed by atoms with Gasteiger partial charge in [0, 0.05) is 12.0 Å². The zero-order chi connectivity index (χ0) is 13.6. The molecule has 1 aliphatic rings. The van der Waals surface area contributed by atoms with E-state index in [1.54, 1.807) is 6.07 Å². The molecule has 0 saturated heterocycles. The van der Waals surface area contributed by atoms with Gasteiger partial charge in [-0.3, -0.25) is 0 Å². The molecule has 0 atom stereocenters. The number of aromatic nitrogens is 3. The van der Waals surface area contributed by atoms with Gasteiger partial charge in [0.15, 0.2) is 11.3 Å². The van der Waals surface area contributed by atoms with Crippen LogP contribution >= 0.6 is 0 Å². The van der Waals surface area contributed by atoms with Gasteiger partial charge in [-0.2, -0.15) is 18.3 Å². The molecular weight excluding hydrogens is 257 g/mol. The third kappa shape index (κ3) is 2.02. The number of anilines is 1. The lowest BCUT2D eigenvalue weighted by molar-refractivity contribution is -0.141. The van der Waals surface area contributed by atoms with Gasteiger partial charge >= 0.3 is 6.18 Å². The Hall–Kier alpha value is -1.79. The van der Waals surface area contributed by atoms with Crippen LogP contribution in [-0.2, 0) is 6.18 Å². The first-order valence-corrected chi connectivity index (χ1v) is 6.18. The Morgan fingerprint density at radius 1 is 1.26 bits per heavy atom. The summed E-state index contributed by atoms with van der Waals surface area (Å²) in [5.74, 6) is 0.240. The number of alkyl halides is 3. The molecule has 19 heavy (non-hydrogen) atoms. The summed E-state index contributed by atoms with van der Waals surface area (Å²) >= 11 is 0. The van der Waals surface area contributed by atoms with Gasteiger partial charge in [0.2, 0.25) is 0 Å². The van der Waals surface area contributed by atoms with Crippen molar-refractivity contribution in [2.75, 3.05) is 5.73 Å². The quantitative estimate of drug-likeness (QED) is 0.866. The molecule has 0 radical (unpaired) electrons. The zero-order valence-electron chi connectivity index (χ0n) is 10.1. The highest BCUT2D eigenvalue weighted by Gasteiger charge is 2.37. The van der Waals surface area contributed by atoms with E-state index in [1.165, 1.54) is 0 Å². The van der Waals surface area contributed by atoms with Crippen LogP contribution in [0.2, 0.25) is 0 Å². The largest absolute Gasteiger partial charge is 0.435 e. The molecule has 1 fully saturated rings. The molecule has 2 heterocycles. The van der Waals surface area contributed by atoms with Crippen LogP contribution in [0.15, 0.2) is 12.3 Å². The molecule has 3 rings (SSSR count). The standard InChI is InChI=1S/C12H13F3N4/c13-12(14,15)11-8(16)6-17-10-5-9(18-19(10)11)7-3-1-2-4-7/h5-7H,1-4,16H2. The van der Waals surface area contributed by atoms with Crippen molar-refractivity contribution >= 4 is 11.3 Å². The van der Waals surface area contributed by atoms with Crippen molar-refractivity contribution in [3.8, 4) is 0 Å². The molecule has 1 saturated carbocycles. The van der Waals surface area contributed by atoms with E-state index in [9.17, 15) is 13.2 Å². The molecule has 7 heteroatoms. The Bertz CT molecular complexity index is 611. The van der Waals surface area contributed by atoms with Crippen LogP contribution in [0.1, 0.15) is 43.0 Å². The highest BCUT2D eigenvalue weighted by atomic mass is 19.4. The Kier molecular flexibility index (Phi) is 2.65. The van der Waals surface area contributed by atoms with Gasteiger partial charge in [-0.15, -0.1) is 0 Å². The summed E-state index contributed by atoms with van der Waals surface area (Å²) in [5.41, 5.74) is 4.93. The van der Waals surface area contributed by atoms with Crippen LogP contribution in [0.5, 0.6) is 0 Å². The van der Waals surface area contributed by atoms with Crippen LogP contribution in [0.3, 0.4) is 0 Å². The number of rotatable bonds is 1. The summed E-state index contributed by atoms with van der Waals surface area (Å²) in [6.45, 7) is 0. The van der Waals surface area contributed by atoms with Crippen LogP contribution < -0.4 is 5.73 Å². The molecule has 102 valence electrons. The van der Waals surface area contributed by atoms with E-state index in [1.807, 2.05) is 0 Å². The number of halogens is 3. The second kappa shape index (κ2) is 4.11. The van der Waals surface area contributed by atoms with Crippen LogP contribution in [0.25, 0.3) is 5.65 Å². The van der Waals surface area contributed by atoms with Gasteiger partial charge in [0.1, 0.15) is 0 Å². The zero-order valence-corrected chi connectivity index (χ0v) is 10.1. The van der Waals surface area contributed by atoms with Gasteiger partial charge in [-0.25, -0.2) is 9.50 Å². The van der Waals surface area contributed by atoms with Crippen molar-refractivity contribution in [2.45, 2.75) is 37.8 Å². The molecule has 1 aliphatic carbocycles. The maximum absolute atomic E-state index is 13.0. The maximum atomic E-state index is 13.0. The first-order valence-electron chi connectivity index (χ1n) is 6.18. The van der Waals surface area contributed by atoms with Crippen molar-refractivity contribution in [3.05, 3.63) is 23.7 Å². The minimum Gasteiger partial charge on any atom is -0.396 e. The number of hydrogen-bond donors (Lipinski definition) is 1. The molecule has 0 bridgehead atoms. The molecule has 2 aromatic heterocycles. The smallest absolute Gasteiger partial charge is 0.396 e. The van der Waals surface area contributed by atoms with E-state index >= 15 is 0 Å². The molecule has 0 aromatic carbocycles. The predicted octanol–water partition coefficient (Wildman–Crippen LogP) is 2.99. The molecule has 2 N–H and O–H groups in total. The summed E-state index contributed by atoms with van der Waals surface area (Å²) in [7, 11) is 0. The van der Waals surface area contributed by atoms with E-state index in [-0.39, 0.29) is 11.6 Å². The number of nitrogen functional groups attached to an aromatic ring is 1. The topological polar surface area (TPSA) is 56.2 Å². The van der Waals surface area contributed by atoms with E-state index in [2.05, 4.69) is 10.1 Å². The second-order valence-corrected chi connectivity index (χ2v) is 4.88. The number of hydrogen-bond acceptors (Lipinski definition) is 3. The third-order valence-corrected chi connectivity index (χ3v) is 3.57. The van der Waals surface area contributed by atoms with E-state index in [4.69, 9.17) is 5.73 Å². The lowest BCUT2D eigenvalue weighted by atomic mass is 10.1. The van der Waals surface area contributed by atoms with E-state index in [0.717, 1.165) is 36.4 Å². The summed E-state index contributed by atoms with van der Waals surface area (Å²) in [5, 5.41) is 4.08. The minimum atomic E-state index is -4.54. The SMILES string of the molecule is Nc1cnc2cc(C3CCCC3)nn2c1C(F)(F)F. The lowest BCUT2D eigenvalue weighted by Crippen LogP contribution is -2.16. The number of nitrogens with two attached hydrogens (primary N) is 1. The maximum Gasteiger partial charge on any atom is 0.435 e. The Morgan fingerprint density at radius 2 is 1.95 bits per heavy atom. The first kappa shape index (κ1) is 12.3. The van der Waals surface area contributed by atoms with Gasteiger partial charge in [-0.05, 0) is 12.8 Å². The van der Waals surface area contributed by atoms with E-state index in [0.29, 0.717) is 5.69 Å². The van der Waals surface area contributed by atoms with Crippen LogP contribution in [0.4, 0.5) is 18.9 Å². The van der Waals surface area contributed by atoms with Crippen molar-refractivity contribution in [2.24, 2.45) is 0 Å². The Balaban J connectivity index is 2.17. The molecule has 4 nitrogen and oxygen atoms in total. The average Bonchev–Trinajstić information content (AvgIpc) is 2.94. The molecule has 2 aromatic rings. The van der Waals surface area contributed by atoms with Crippen LogP contribution in [-0.4, -0.2) is 14.6 Å². The summed E-state index contributed by atoms with van der Waals surface area (Å²) in [6.07, 6.45) is 0.643. The number of fused-ring (bicyclic) bond motifs is 1. The lowest BCUT2D eigenvalue weighted by Gasteiger charge is -2.10. The molecular formula is C12H13F3N4. The van der Waals surface area contributed by atoms with Crippen molar-refractivity contribution < 1.29 is 13.2 Å². The second-order valence-electron chi connectivity index (χ2n) is 4.88. The fourth-order valence-electron chi connectivity index (χ4n) is 2.67. The Labute approximate surface area is 107 Å². The summed E-state index contributed by atoms with van der Waals surface area (Å²) in [6, 6.07) is 1.63. The van der Waals surface area contributed by atoms with Gasteiger partial charge in [0.05, 0.1) is 17.6 Å². The fraction of sp³-hybridized carbons (Fsp3) is 0.500. The monoisotopic (exact) mass is 270 g/mol. The van der Waals surface area contributed by atoms with Crippen molar-refractivity contribution in [1.82, 2.24) is 14.6 Å². The highest BCUT2D eigenvalue weighted by molar-refractivity contribution is 5.51. The minimum absolute atomic E-state index is 0.198. The van der Waals surface area contributed by atoms with Gasteiger partial charge in [-0.1, -0.05) is 12.8 Å². The Morgan fingerprint density at radius 3 is 2.58 bits per heavy atom. The molecule has 0 spiro atoms. The molecule has 0 aliphatic heterocycles. The van der Waals surface area contributed by atoms with Crippen LogP contribution in [0, 0.1) is 0 Å². The van der Waals surface area contributed by atoms with E-state index < -0.39 is 17.6 Å². The van der Waals surface area contributed by atoms with Gasteiger partial charge < -0.3 is 5.73 Å². The average molecular weight is 270 g/mol. The number of nitrogens with zero attached hydrogens (tertiary/aromatic N) is 3. The first-order chi connectivity index (χ1) is 8.97. The van der Waals surface area contributed by atoms with Crippen molar-refractivity contribution in [1.29, 1.82) is 0 Å². The normalized spacial score (nSPS) is 17.4. The van der Waals surface area contributed by atoms with Crippen molar-refractivity contribution in [3.63, 3.8) is 0 Å². The summed E-state index contributed by atoms with van der Waals surface area (Å²) < 4.78 is 39.8. The fourth-order valence-corrected chi connectivity index (χ4v) is 2.67. The molecule has 0 unspecified atom stereocenters.